The van der Waals surface area contributed by atoms with Crippen LogP contribution in [0, 0.1) is 6.07 Å². The second-order valence-electron chi connectivity index (χ2n) is 6.50. The van der Waals surface area contributed by atoms with E-state index in [2.05, 4.69) is 39.6 Å². The molecule has 4 rings (SSSR count). The molecular formula is C20H21N4. The van der Waals surface area contributed by atoms with Crippen molar-refractivity contribution in [2.24, 2.45) is 5.73 Å². The number of anilines is 1. The molecule has 1 aliphatic rings. The molecular weight excluding hydrogens is 296 g/mol. The summed E-state index contributed by atoms with van der Waals surface area (Å²) < 4.78 is 0. The van der Waals surface area contributed by atoms with E-state index in [4.69, 9.17) is 5.73 Å². The first-order valence-electron chi connectivity index (χ1n) is 8.52. The summed E-state index contributed by atoms with van der Waals surface area (Å²) in [6.45, 7) is 0. The van der Waals surface area contributed by atoms with Gasteiger partial charge in [-0.1, -0.05) is 6.07 Å². The molecule has 2 heterocycles. The minimum atomic E-state index is 0.361. The zero-order valence-electron chi connectivity index (χ0n) is 13.6. The minimum Gasteiger partial charge on any atom is -0.381 e. The van der Waals surface area contributed by atoms with Crippen LogP contribution in [0.2, 0.25) is 0 Å². The Morgan fingerprint density at radius 3 is 2.58 bits per heavy atom. The van der Waals surface area contributed by atoms with E-state index in [1.807, 2.05) is 24.5 Å². The summed E-state index contributed by atoms with van der Waals surface area (Å²) in [6, 6.07) is 14.5. The van der Waals surface area contributed by atoms with Crippen LogP contribution in [0.5, 0.6) is 0 Å². The van der Waals surface area contributed by atoms with Crippen LogP contribution in [0.4, 0.5) is 5.69 Å². The van der Waals surface area contributed by atoms with E-state index in [-0.39, 0.29) is 0 Å². The third kappa shape index (κ3) is 3.10. The van der Waals surface area contributed by atoms with Gasteiger partial charge in [0.1, 0.15) is 0 Å². The van der Waals surface area contributed by atoms with Crippen molar-refractivity contribution in [1.29, 1.82) is 0 Å². The first-order chi connectivity index (χ1) is 11.8. The Morgan fingerprint density at radius 1 is 1.00 bits per heavy atom. The average molecular weight is 317 g/mol. The van der Waals surface area contributed by atoms with E-state index in [1.165, 1.54) is 5.56 Å². The molecule has 4 heteroatoms. The molecule has 1 aromatic carbocycles. The third-order valence-corrected chi connectivity index (χ3v) is 4.81. The first-order valence-corrected chi connectivity index (χ1v) is 8.52. The predicted octanol–water partition coefficient (Wildman–Crippen LogP) is 3.78. The maximum Gasteiger partial charge on any atom is 0.0723 e. The number of nitrogens with one attached hydrogen (secondary N) is 1. The van der Waals surface area contributed by atoms with Gasteiger partial charge in [-0.2, -0.15) is 0 Å². The summed E-state index contributed by atoms with van der Waals surface area (Å²) in [5, 5.41) is 4.77. The molecule has 1 fully saturated rings. The number of aromatic nitrogens is 2. The molecule has 0 saturated heterocycles. The molecule has 0 spiro atoms. The molecule has 1 aliphatic carbocycles. The number of benzene rings is 1. The van der Waals surface area contributed by atoms with Crippen molar-refractivity contribution in [3.63, 3.8) is 0 Å². The summed E-state index contributed by atoms with van der Waals surface area (Å²) in [5.74, 6) is 0. The summed E-state index contributed by atoms with van der Waals surface area (Å²) in [7, 11) is 0. The van der Waals surface area contributed by atoms with E-state index >= 15 is 0 Å². The van der Waals surface area contributed by atoms with Gasteiger partial charge in [-0.05, 0) is 61.1 Å². The van der Waals surface area contributed by atoms with Crippen LogP contribution >= 0.6 is 0 Å². The minimum absolute atomic E-state index is 0.361. The van der Waals surface area contributed by atoms with Gasteiger partial charge < -0.3 is 11.1 Å². The molecule has 0 amide bonds. The largest absolute Gasteiger partial charge is 0.381 e. The highest BCUT2D eigenvalue weighted by atomic mass is 14.9. The fourth-order valence-corrected chi connectivity index (χ4v) is 3.40. The average Bonchev–Trinajstić information content (AvgIpc) is 2.64. The second-order valence-corrected chi connectivity index (χ2v) is 6.50. The van der Waals surface area contributed by atoms with E-state index in [0.717, 1.165) is 47.8 Å². The van der Waals surface area contributed by atoms with Crippen LogP contribution in [0.25, 0.3) is 22.0 Å². The Balaban J connectivity index is 1.67. The molecule has 3 aromatic rings. The van der Waals surface area contributed by atoms with Crippen LogP contribution in [-0.2, 0) is 0 Å². The monoisotopic (exact) mass is 317 g/mol. The van der Waals surface area contributed by atoms with Crippen molar-refractivity contribution < 1.29 is 0 Å². The highest BCUT2D eigenvalue weighted by Crippen LogP contribution is 2.29. The summed E-state index contributed by atoms with van der Waals surface area (Å²) in [5.41, 5.74) is 10.4. The number of pyridine rings is 2. The van der Waals surface area contributed by atoms with Crippen molar-refractivity contribution in [2.45, 2.75) is 37.8 Å². The Hall–Kier alpha value is -2.46. The molecule has 1 saturated carbocycles. The van der Waals surface area contributed by atoms with E-state index in [0.29, 0.717) is 12.1 Å². The third-order valence-electron chi connectivity index (χ3n) is 4.81. The lowest BCUT2D eigenvalue weighted by atomic mass is 9.91. The Bertz CT molecular complexity index is 823. The number of nitrogens with two attached hydrogens (primary N) is 1. The van der Waals surface area contributed by atoms with Gasteiger partial charge in [-0.3, -0.25) is 9.97 Å². The Labute approximate surface area is 142 Å². The van der Waals surface area contributed by atoms with E-state index in [1.54, 1.807) is 6.20 Å². The summed E-state index contributed by atoms with van der Waals surface area (Å²) in [4.78, 5) is 8.55. The molecule has 0 bridgehead atoms. The van der Waals surface area contributed by atoms with Crippen LogP contribution < -0.4 is 11.1 Å². The quantitative estimate of drug-likeness (QED) is 0.771. The topological polar surface area (TPSA) is 63.8 Å². The Kier molecular flexibility index (Phi) is 4.13. The highest BCUT2D eigenvalue weighted by molar-refractivity contribution is 5.94. The standard InChI is InChI=1S/C20H21N4/c21-16-2-4-17(5-3-16)24-20-9-12-23-19-6-1-15(13-18(19)20)14-7-10-22-11-8-14/h1,6-8,10-13,16-17H,2-5,21H2,(H,23,24). The van der Waals surface area contributed by atoms with Gasteiger partial charge in [0.2, 0.25) is 0 Å². The van der Waals surface area contributed by atoms with Crippen molar-refractivity contribution >= 4 is 16.6 Å². The van der Waals surface area contributed by atoms with E-state index < -0.39 is 0 Å². The molecule has 24 heavy (non-hydrogen) atoms. The van der Waals surface area contributed by atoms with Gasteiger partial charge in [-0.15, -0.1) is 0 Å². The maximum absolute atomic E-state index is 6.01. The van der Waals surface area contributed by atoms with Crippen molar-refractivity contribution in [3.8, 4) is 11.1 Å². The SMILES string of the molecule is NC1CCC(Nc2[c]cnc3ccc(-c4ccncc4)cc23)CC1. The smallest absolute Gasteiger partial charge is 0.0723 e. The van der Waals surface area contributed by atoms with Gasteiger partial charge in [0.15, 0.2) is 0 Å². The van der Waals surface area contributed by atoms with E-state index in [9.17, 15) is 0 Å². The lowest BCUT2D eigenvalue weighted by Gasteiger charge is -2.28. The van der Waals surface area contributed by atoms with Crippen LogP contribution in [0.3, 0.4) is 0 Å². The zero-order chi connectivity index (χ0) is 16.4. The fourth-order valence-electron chi connectivity index (χ4n) is 3.40. The number of nitrogens with zero attached hydrogens (tertiary/aromatic N) is 2. The summed E-state index contributed by atoms with van der Waals surface area (Å²) >= 11 is 0. The number of hydrogen-bond donors (Lipinski definition) is 2. The molecule has 0 atom stereocenters. The van der Waals surface area contributed by atoms with Crippen LogP contribution in [-0.4, -0.2) is 22.1 Å². The number of hydrogen-bond acceptors (Lipinski definition) is 4. The van der Waals surface area contributed by atoms with Gasteiger partial charge >= 0.3 is 0 Å². The molecule has 1 radical (unpaired) electrons. The first kappa shape index (κ1) is 15.1. The van der Waals surface area contributed by atoms with Crippen LogP contribution in [0.1, 0.15) is 25.7 Å². The lowest BCUT2D eigenvalue weighted by Crippen LogP contribution is -2.32. The summed E-state index contributed by atoms with van der Waals surface area (Å²) in [6.07, 6.45) is 9.79. The number of rotatable bonds is 3. The molecule has 4 nitrogen and oxygen atoms in total. The Morgan fingerprint density at radius 2 is 1.79 bits per heavy atom. The highest BCUT2D eigenvalue weighted by Gasteiger charge is 2.19. The molecule has 121 valence electrons. The van der Waals surface area contributed by atoms with Gasteiger partial charge in [0.25, 0.3) is 0 Å². The molecule has 2 aromatic heterocycles. The maximum atomic E-state index is 6.01. The normalized spacial score (nSPS) is 20.9. The second kappa shape index (κ2) is 6.57. The zero-order valence-corrected chi connectivity index (χ0v) is 13.6. The lowest BCUT2D eigenvalue weighted by molar-refractivity contribution is 0.411. The molecule has 0 unspecified atom stereocenters. The van der Waals surface area contributed by atoms with Gasteiger partial charge in [0.05, 0.1) is 11.2 Å². The van der Waals surface area contributed by atoms with Crippen molar-refractivity contribution in [3.05, 3.63) is 55.0 Å². The molecule has 0 aliphatic heterocycles. The predicted molar refractivity (Wildman–Crippen MR) is 97.7 cm³/mol. The van der Waals surface area contributed by atoms with Crippen LogP contribution in [0.15, 0.2) is 48.9 Å². The molecule has 3 N–H and O–H groups in total. The van der Waals surface area contributed by atoms with Gasteiger partial charge in [-0.25, -0.2) is 0 Å². The van der Waals surface area contributed by atoms with Gasteiger partial charge in [0, 0.05) is 42.1 Å². The van der Waals surface area contributed by atoms with Crippen molar-refractivity contribution in [1.82, 2.24) is 9.97 Å². The number of fused-ring (bicyclic) bond motifs is 1. The fraction of sp³-hybridized carbons (Fsp3) is 0.300. The van der Waals surface area contributed by atoms with Crippen molar-refractivity contribution in [2.75, 3.05) is 5.32 Å².